The molecule has 0 aliphatic heterocycles. The van der Waals surface area contributed by atoms with E-state index in [4.69, 9.17) is 9.47 Å². The number of hydrogen-bond donors (Lipinski definition) is 1. The van der Waals surface area contributed by atoms with Crippen LogP contribution >= 0.6 is 0 Å². The summed E-state index contributed by atoms with van der Waals surface area (Å²) < 4.78 is 11.1. The average molecular weight is 598 g/mol. The Kier molecular flexibility index (Phi) is 31.9. The molecular weight excluding hydrogens is 526 g/mol. The third kappa shape index (κ3) is 29.0. The average Bonchev–Trinajstić information content (AvgIpc) is 2.98. The molecule has 0 heterocycles. The van der Waals surface area contributed by atoms with E-state index in [0.29, 0.717) is 38.5 Å². The van der Waals surface area contributed by atoms with E-state index in [9.17, 15) is 14.7 Å². The SMILES string of the molecule is CCCCCCCCCCOC(=O)CCCN(CCO)CCCCCC(=O)OCC(CCCCCC)CCCCCC. The van der Waals surface area contributed by atoms with Gasteiger partial charge in [0.1, 0.15) is 0 Å². The Morgan fingerprint density at radius 3 is 1.62 bits per heavy atom. The van der Waals surface area contributed by atoms with Gasteiger partial charge < -0.3 is 19.5 Å². The van der Waals surface area contributed by atoms with Crippen molar-refractivity contribution in [3.8, 4) is 0 Å². The lowest BCUT2D eigenvalue weighted by atomic mass is 9.95. The van der Waals surface area contributed by atoms with Crippen LogP contribution in [0.2, 0.25) is 0 Å². The second-order valence-corrected chi connectivity index (χ2v) is 12.4. The van der Waals surface area contributed by atoms with Gasteiger partial charge in [0, 0.05) is 19.4 Å². The van der Waals surface area contributed by atoms with Crippen molar-refractivity contribution in [1.29, 1.82) is 0 Å². The quantitative estimate of drug-likeness (QED) is 0.0600. The number of hydrogen-bond acceptors (Lipinski definition) is 6. The van der Waals surface area contributed by atoms with Crippen molar-refractivity contribution in [2.75, 3.05) is 39.5 Å². The van der Waals surface area contributed by atoms with Crippen LogP contribution < -0.4 is 0 Å². The lowest BCUT2D eigenvalue weighted by molar-refractivity contribution is -0.145. The zero-order valence-corrected chi connectivity index (χ0v) is 28.3. The zero-order chi connectivity index (χ0) is 30.9. The molecule has 6 nitrogen and oxygen atoms in total. The summed E-state index contributed by atoms with van der Waals surface area (Å²) in [5.74, 6) is 0.349. The number of rotatable bonds is 33. The Bertz CT molecular complexity index is 573. The van der Waals surface area contributed by atoms with Gasteiger partial charge in [0.25, 0.3) is 0 Å². The molecule has 0 rings (SSSR count). The number of nitrogens with zero attached hydrogens (tertiary/aromatic N) is 1. The lowest BCUT2D eigenvalue weighted by Gasteiger charge is -2.21. The number of carbonyl (C=O) groups excluding carboxylic acids is 2. The highest BCUT2D eigenvalue weighted by Crippen LogP contribution is 2.19. The zero-order valence-electron chi connectivity index (χ0n) is 28.3. The van der Waals surface area contributed by atoms with Crippen molar-refractivity contribution in [2.45, 2.75) is 175 Å². The molecule has 6 heteroatoms. The van der Waals surface area contributed by atoms with E-state index in [1.165, 1.54) is 103 Å². The highest BCUT2D eigenvalue weighted by atomic mass is 16.5. The van der Waals surface area contributed by atoms with E-state index < -0.39 is 0 Å². The molecule has 42 heavy (non-hydrogen) atoms. The summed E-state index contributed by atoms with van der Waals surface area (Å²) in [6.45, 7) is 10.2. The number of aliphatic hydroxyl groups is 1. The number of carbonyl (C=O) groups is 2. The van der Waals surface area contributed by atoms with Crippen LogP contribution in [0.1, 0.15) is 175 Å². The first-order valence-corrected chi connectivity index (χ1v) is 18.2. The molecule has 0 aromatic carbocycles. The second-order valence-electron chi connectivity index (χ2n) is 12.4. The molecule has 0 spiro atoms. The molecule has 0 bridgehead atoms. The van der Waals surface area contributed by atoms with E-state index in [2.05, 4.69) is 25.7 Å². The Labute approximate surface area is 261 Å². The normalized spacial score (nSPS) is 11.5. The van der Waals surface area contributed by atoms with Gasteiger partial charge >= 0.3 is 11.9 Å². The number of esters is 2. The molecule has 1 N–H and O–H groups in total. The second kappa shape index (κ2) is 32.8. The molecule has 0 aliphatic carbocycles. The van der Waals surface area contributed by atoms with Crippen LogP contribution in [-0.4, -0.2) is 61.4 Å². The maximum Gasteiger partial charge on any atom is 0.305 e. The van der Waals surface area contributed by atoms with E-state index in [1.807, 2.05) is 0 Å². The van der Waals surface area contributed by atoms with Gasteiger partial charge in [-0.05, 0) is 57.5 Å². The lowest BCUT2D eigenvalue weighted by Crippen LogP contribution is -2.29. The van der Waals surface area contributed by atoms with Crippen molar-refractivity contribution in [3.63, 3.8) is 0 Å². The Morgan fingerprint density at radius 2 is 1.02 bits per heavy atom. The standard InChI is InChI=1S/C36H71NO5/c1-4-7-10-13-14-15-16-22-32-41-35(39)27-23-29-37(30-31-38)28-21-17-20-26-36(40)42-33-34(24-18-11-8-5-2)25-19-12-9-6-3/h34,38H,4-33H2,1-3H3. The summed E-state index contributed by atoms with van der Waals surface area (Å²) in [6, 6.07) is 0. The van der Waals surface area contributed by atoms with Gasteiger partial charge in [-0.25, -0.2) is 0 Å². The van der Waals surface area contributed by atoms with Crippen molar-refractivity contribution < 1.29 is 24.2 Å². The number of aliphatic hydroxyl groups excluding tert-OH is 1. The predicted molar refractivity (Wildman–Crippen MR) is 177 cm³/mol. The molecule has 0 aromatic heterocycles. The molecule has 0 aliphatic rings. The summed E-state index contributed by atoms with van der Waals surface area (Å²) in [5.41, 5.74) is 0. The summed E-state index contributed by atoms with van der Waals surface area (Å²) in [7, 11) is 0. The van der Waals surface area contributed by atoms with Gasteiger partial charge in [-0.15, -0.1) is 0 Å². The first-order chi connectivity index (χ1) is 20.6. The molecule has 0 aromatic rings. The summed E-state index contributed by atoms with van der Waals surface area (Å²) >= 11 is 0. The fourth-order valence-corrected chi connectivity index (χ4v) is 5.51. The van der Waals surface area contributed by atoms with Gasteiger partial charge in [-0.2, -0.15) is 0 Å². The first-order valence-electron chi connectivity index (χ1n) is 18.2. The van der Waals surface area contributed by atoms with Crippen LogP contribution in [0.3, 0.4) is 0 Å². The number of unbranched alkanes of at least 4 members (excludes halogenated alkanes) is 15. The van der Waals surface area contributed by atoms with E-state index in [0.717, 1.165) is 51.6 Å². The fraction of sp³-hybridized carbons (Fsp3) is 0.944. The fourth-order valence-electron chi connectivity index (χ4n) is 5.51. The molecule has 0 saturated heterocycles. The minimum Gasteiger partial charge on any atom is -0.466 e. The summed E-state index contributed by atoms with van der Waals surface area (Å²) in [4.78, 5) is 26.7. The molecule has 250 valence electrons. The number of ether oxygens (including phenoxy) is 2. The van der Waals surface area contributed by atoms with Gasteiger partial charge in [-0.1, -0.05) is 124 Å². The molecule has 0 amide bonds. The van der Waals surface area contributed by atoms with E-state index in [-0.39, 0.29) is 18.5 Å². The van der Waals surface area contributed by atoms with Gasteiger partial charge in [0.15, 0.2) is 0 Å². The molecule has 0 radical (unpaired) electrons. The van der Waals surface area contributed by atoms with Crippen LogP contribution in [-0.2, 0) is 19.1 Å². The molecule has 0 atom stereocenters. The highest BCUT2D eigenvalue weighted by Gasteiger charge is 2.13. The largest absolute Gasteiger partial charge is 0.466 e. The molecular formula is C36H71NO5. The Morgan fingerprint density at radius 1 is 0.548 bits per heavy atom. The van der Waals surface area contributed by atoms with Crippen LogP contribution in [0.15, 0.2) is 0 Å². The molecule has 0 fully saturated rings. The topological polar surface area (TPSA) is 76.1 Å². The minimum absolute atomic E-state index is 0.0557. The highest BCUT2D eigenvalue weighted by molar-refractivity contribution is 5.69. The van der Waals surface area contributed by atoms with Gasteiger partial charge in [0.05, 0.1) is 19.8 Å². The van der Waals surface area contributed by atoms with Crippen LogP contribution in [0.4, 0.5) is 0 Å². The maximum atomic E-state index is 12.4. The van der Waals surface area contributed by atoms with E-state index >= 15 is 0 Å². The summed E-state index contributed by atoms with van der Waals surface area (Å²) in [5, 5.41) is 9.44. The van der Waals surface area contributed by atoms with Crippen molar-refractivity contribution in [3.05, 3.63) is 0 Å². The monoisotopic (exact) mass is 598 g/mol. The molecule has 0 unspecified atom stereocenters. The van der Waals surface area contributed by atoms with Crippen LogP contribution in [0, 0.1) is 5.92 Å². The van der Waals surface area contributed by atoms with Crippen molar-refractivity contribution in [2.24, 2.45) is 5.92 Å². The van der Waals surface area contributed by atoms with Gasteiger partial charge in [0.2, 0.25) is 0 Å². The van der Waals surface area contributed by atoms with E-state index in [1.54, 1.807) is 0 Å². The predicted octanol–water partition coefficient (Wildman–Crippen LogP) is 9.41. The van der Waals surface area contributed by atoms with Gasteiger partial charge in [-0.3, -0.25) is 9.59 Å². The van der Waals surface area contributed by atoms with Crippen molar-refractivity contribution >= 4 is 11.9 Å². The maximum absolute atomic E-state index is 12.4. The third-order valence-electron chi connectivity index (χ3n) is 8.30. The third-order valence-corrected chi connectivity index (χ3v) is 8.30. The first kappa shape index (κ1) is 40.9. The molecule has 0 saturated carbocycles. The minimum atomic E-state index is -0.107. The Hall–Kier alpha value is -1.14. The van der Waals surface area contributed by atoms with Crippen LogP contribution in [0.5, 0.6) is 0 Å². The van der Waals surface area contributed by atoms with Crippen LogP contribution in [0.25, 0.3) is 0 Å². The van der Waals surface area contributed by atoms with Crippen molar-refractivity contribution in [1.82, 2.24) is 4.90 Å². The Balaban J connectivity index is 3.97. The summed E-state index contributed by atoms with van der Waals surface area (Å²) in [6.07, 6.45) is 26.9. The smallest absolute Gasteiger partial charge is 0.305 e.